The quantitative estimate of drug-likeness (QED) is 0.707. The van der Waals surface area contributed by atoms with Gasteiger partial charge < -0.3 is 20.4 Å². The molecular weight excluding hydrogens is 312 g/mol. The van der Waals surface area contributed by atoms with Gasteiger partial charge in [-0.05, 0) is 12.5 Å². The number of carboxylic acid groups (broad SMARTS) is 1. The molecule has 2 rings (SSSR count). The summed E-state index contributed by atoms with van der Waals surface area (Å²) in [5.41, 5.74) is 1.81. The van der Waals surface area contributed by atoms with Gasteiger partial charge in [-0.1, -0.05) is 29.8 Å². The predicted octanol–water partition coefficient (Wildman–Crippen LogP) is 0.0886. The maximum Gasteiger partial charge on any atom is 0.326 e. The lowest BCUT2D eigenvalue weighted by Gasteiger charge is -2.24. The first-order valence-corrected chi connectivity index (χ1v) is 7.82. The molecule has 0 saturated carbocycles. The van der Waals surface area contributed by atoms with Crippen LogP contribution in [0.4, 0.5) is 0 Å². The van der Waals surface area contributed by atoms with Crippen molar-refractivity contribution >= 4 is 17.8 Å². The van der Waals surface area contributed by atoms with E-state index in [0.29, 0.717) is 0 Å². The Balaban J connectivity index is 2.08. The molecule has 2 amide bonds. The fourth-order valence-corrected chi connectivity index (χ4v) is 2.95. The number of aliphatic hydroxyl groups excluding tert-OH is 1. The minimum Gasteiger partial charge on any atom is -0.480 e. The molecule has 1 saturated heterocycles. The largest absolute Gasteiger partial charge is 0.480 e. The van der Waals surface area contributed by atoms with Crippen molar-refractivity contribution in [3.8, 4) is 0 Å². The summed E-state index contributed by atoms with van der Waals surface area (Å²) in [7, 11) is 0. The second kappa shape index (κ2) is 7.44. The van der Waals surface area contributed by atoms with Crippen LogP contribution < -0.4 is 5.32 Å². The summed E-state index contributed by atoms with van der Waals surface area (Å²) >= 11 is 0. The van der Waals surface area contributed by atoms with Crippen molar-refractivity contribution in [3.63, 3.8) is 0 Å². The maximum atomic E-state index is 12.4. The molecule has 3 atom stereocenters. The average Bonchev–Trinajstić information content (AvgIpc) is 2.89. The number of aliphatic carboxylic acids is 1. The van der Waals surface area contributed by atoms with E-state index in [2.05, 4.69) is 5.32 Å². The van der Waals surface area contributed by atoms with Crippen molar-refractivity contribution in [2.45, 2.75) is 44.9 Å². The van der Waals surface area contributed by atoms with Crippen LogP contribution in [0.2, 0.25) is 0 Å². The van der Waals surface area contributed by atoms with Gasteiger partial charge >= 0.3 is 5.97 Å². The summed E-state index contributed by atoms with van der Waals surface area (Å²) in [6.07, 6.45) is -0.509. The van der Waals surface area contributed by atoms with Crippen LogP contribution in [0.15, 0.2) is 24.3 Å². The highest BCUT2D eigenvalue weighted by Crippen LogP contribution is 2.18. The van der Waals surface area contributed by atoms with Crippen LogP contribution in [0.25, 0.3) is 0 Å². The predicted molar refractivity (Wildman–Crippen MR) is 86.2 cm³/mol. The number of carbonyl (C=O) groups excluding carboxylic acids is 2. The zero-order valence-electron chi connectivity index (χ0n) is 13.7. The number of nitrogens with zero attached hydrogens (tertiary/aromatic N) is 1. The molecule has 0 aromatic heterocycles. The number of hydrogen-bond acceptors (Lipinski definition) is 4. The molecule has 1 aliphatic rings. The third-order valence-corrected chi connectivity index (χ3v) is 4.12. The third-order valence-electron chi connectivity index (χ3n) is 4.12. The Morgan fingerprint density at radius 3 is 2.67 bits per heavy atom. The molecule has 0 unspecified atom stereocenters. The van der Waals surface area contributed by atoms with Gasteiger partial charge in [0.15, 0.2) is 0 Å². The number of hydrogen-bond donors (Lipinski definition) is 3. The number of carbonyl (C=O) groups is 3. The van der Waals surface area contributed by atoms with Crippen molar-refractivity contribution < 1.29 is 24.6 Å². The first-order chi connectivity index (χ1) is 11.3. The van der Waals surface area contributed by atoms with E-state index in [0.717, 1.165) is 11.1 Å². The van der Waals surface area contributed by atoms with E-state index in [4.69, 9.17) is 0 Å². The number of benzene rings is 1. The van der Waals surface area contributed by atoms with E-state index in [1.54, 1.807) is 6.07 Å². The standard InChI is InChI=1S/C17H22N2O5/c1-10-4-3-5-12(6-10)7-14(17(23)24)18-16(22)15-8-13(21)9-19(15)11(2)20/h3-6,13-15,21H,7-9H2,1-2H3,(H,18,22)(H,23,24)/t13-,14-,15+/m1/s1. The fraction of sp³-hybridized carbons (Fsp3) is 0.471. The lowest BCUT2D eigenvalue weighted by molar-refractivity contribution is -0.143. The Bertz CT molecular complexity index is 646. The topological polar surface area (TPSA) is 107 Å². The smallest absolute Gasteiger partial charge is 0.326 e. The Hall–Kier alpha value is -2.41. The van der Waals surface area contributed by atoms with E-state index in [9.17, 15) is 24.6 Å². The maximum absolute atomic E-state index is 12.4. The highest BCUT2D eigenvalue weighted by molar-refractivity contribution is 5.90. The zero-order valence-corrected chi connectivity index (χ0v) is 13.7. The van der Waals surface area contributed by atoms with Gasteiger partial charge in [0.05, 0.1) is 6.10 Å². The molecule has 130 valence electrons. The number of carboxylic acids is 1. The van der Waals surface area contributed by atoms with Gasteiger partial charge in [-0.2, -0.15) is 0 Å². The van der Waals surface area contributed by atoms with E-state index in [-0.39, 0.29) is 25.3 Å². The monoisotopic (exact) mass is 334 g/mol. The van der Waals surface area contributed by atoms with Crippen molar-refractivity contribution in [1.29, 1.82) is 0 Å². The molecule has 1 aromatic carbocycles. The van der Waals surface area contributed by atoms with Crippen LogP contribution in [0, 0.1) is 6.92 Å². The average molecular weight is 334 g/mol. The molecule has 1 fully saturated rings. The second-order valence-corrected chi connectivity index (χ2v) is 6.17. The van der Waals surface area contributed by atoms with Gasteiger partial charge in [0, 0.05) is 26.3 Å². The SMILES string of the molecule is CC(=O)N1C[C@H](O)C[C@H]1C(=O)N[C@H](Cc1cccc(C)c1)C(=O)O. The van der Waals surface area contributed by atoms with Gasteiger partial charge in [-0.25, -0.2) is 4.79 Å². The first kappa shape index (κ1) is 17.9. The lowest BCUT2D eigenvalue weighted by Crippen LogP contribution is -2.51. The minimum atomic E-state index is -1.14. The highest BCUT2D eigenvalue weighted by Gasteiger charge is 2.38. The van der Waals surface area contributed by atoms with Crippen LogP contribution in [0.1, 0.15) is 24.5 Å². The third kappa shape index (κ3) is 4.32. The van der Waals surface area contributed by atoms with Crippen LogP contribution in [0.3, 0.4) is 0 Å². The number of β-amino-alcohol motifs (C(OH)–C–C–N with tert-alkyl or cyclic N) is 1. The molecule has 3 N–H and O–H groups in total. The van der Waals surface area contributed by atoms with E-state index in [1.165, 1.54) is 11.8 Å². The summed E-state index contributed by atoms with van der Waals surface area (Å²) in [6.45, 7) is 3.31. The van der Waals surface area contributed by atoms with Crippen LogP contribution in [-0.2, 0) is 20.8 Å². The summed E-state index contributed by atoms with van der Waals surface area (Å²) in [5.74, 6) is -2.02. The van der Waals surface area contributed by atoms with Gasteiger partial charge in [0.25, 0.3) is 0 Å². The summed E-state index contributed by atoms with van der Waals surface area (Å²) < 4.78 is 0. The summed E-state index contributed by atoms with van der Waals surface area (Å²) in [5, 5.41) is 21.6. The number of aryl methyl sites for hydroxylation is 1. The van der Waals surface area contributed by atoms with Crippen LogP contribution >= 0.6 is 0 Å². The van der Waals surface area contributed by atoms with Crippen molar-refractivity contribution in [1.82, 2.24) is 10.2 Å². The Labute approximate surface area is 140 Å². The summed E-state index contributed by atoms with van der Waals surface area (Å²) in [6, 6.07) is 5.47. The van der Waals surface area contributed by atoms with Gasteiger partial charge in [0.2, 0.25) is 11.8 Å². The molecular formula is C17H22N2O5. The highest BCUT2D eigenvalue weighted by atomic mass is 16.4. The molecule has 1 aliphatic heterocycles. The van der Waals surface area contributed by atoms with E-state index < -0.39 is 30.1 Å². The molecule has 0 spiro atoms. The number of likely N-dealkylation sites (tertiary alicyclic amines) is 1. The molecule has 0 bridgehead atoms. The Morgan fingerprint density at radius 1 is 1.38 bits per heavy atom. The van der Waals surface area contributed by atoms with E-state index >= 15 is 0 Å². The summed E-state index contributed by atoms with van der Waals surface area (Å²) in [4.78, 5) is 36.7. The molecule has 7 nitrogen and oxygen atoms in total. The van der Waals surface area contributed by atoms with Crippen LogP contribution in [0.5, 0.6) is 0 Å². The molecule has 0 radical (unpaired) electrons. The molecule has 7 heteroatoms. The molecule has 24 heavy (non-hydrogen) atoms. The molecule has 1 aromatic rings. The Kier molecular flexibility index (Phi) is 5.56. The molecule has 0 aliphatic carbocycles. The Morgan fingerprint density at radius 2 is 2.08 bits per heavy atom. The number of amides is 2. The second-order valence-electron chi connectivity index (χ2n) is 6.17. The van der Waals surface area contributed by atoms with Crippen molar-refractivity contribution in [3.05, 3.63) is 35.4 Å². The van der Waals surface area contributed by atoms with Crippen molar-refractivity contribution in [2.24, 2.45) is 0 Å². The fourth-order valence-electron chi connectivity index (χ4n) is 2.95. The van der Waals surface area contributed by atoms with Gasteiger partial charge in [-0.3, -0.25) is 9.59 Å². The van der Waals surface area contributed by atoms with Gasteiger partial charge in [0.1, 0.15) is 12.1 Å². The normalized spacial score (nSPS) is 21.4. The number of rotatable bonds is 5. The van der Waals surface area contributed by atoms with Crippen molar-refractivity contribution in [2.75, 3.05) is 6.54 Å². The van der Waals surface area contributed by atoms with Gasteiger partial charge in [-0.15, -0.1) is 0 Å². The minimum absolute atomic E-state index is 0.0863. The zero-order chi connectivity index (χ0) is 17.9. The van der Waals surface area contributed by atoms with Crippen LogP contribution in [-0.4, -0.2) is 57.6 Å². The number of nitrogens with one attached hydrogen (secondary N) is 1. The van der Waals surface area contributed by atoms with E-state index in [1.807, 2.05) is 25.1 Å². The number of aliphatic hydroxyl groups is 1. The molecule has 1 heterocycles. The lowest BCUT2D eigenvalue weighted by atomic mass is 10.0. The first-order valence-electron chi connectivity index (χ1n) is 7.82.